The molecule has 0 rings (SSSR count). The van der Waals surface area contributed by atoms with Crippen LogP contribution in [0.15, 0.2) is 10.2 Å². The van der Waals surface area contributed by atoms with Crippen molar-refractivity contribution in [3.05, 3.63) is 10.2 Å². The summed E-state index contributed by atoms with van der Waals surface area (Å²) in [5.41, 5.74) is 0. The Morgan fingerprint density at radius 3 is 2.13 bits per heavy atom. The minimum atomic E-state index is -0.892. The van der Waals surface area contributed by atoms with Crippen molar-refractivity contribution < 1.29 is 19.1 Å². The van der Waals surface area contributed by atoms with Crippen LogP contribution in [-0.4, -0.2) is 24.6 Å². The fourth-order valence-electron chi connectivity index (χ4n) is 1.01. The van der Waals surface area contributed by atoms with E-state index in [4.69, 9.17) is 0 Å². The highest BCUT2D eigenvalue weighted by atomic mass is 127. The van der Waals surface area contributed by atoms with Crippen LogP contribution >= 0.6 is 22.6 Å². The van der Waals surface area contributed by atoms with Gasteiger partial charge < -0.3 is 4.74 Å². The van der Waals surface area contributed by atoms with Gasteiger partial charge in [0, 0.05) is 0 Å². The van der Waals surface area contributed by atoms with Crippen molar-refractivity contribution in [2.45, 2.75) is 13.8 Å². The van der Waals surface area contributed by atoms with Gasteiger partial charge in [0.15, 0.2) is 11.6 Å². The van der Waals surface area contributed by atoms with Crippen LogP contribution in [0.4, 0.5) is 0 Å². The molecule has 2 atom stereocenters. The Hall–Kier alpha value is -0.720. The maximum atomic E-state index is 11.6. The molecule has 0 spiro atoms. The van der Waals surface area contributed by atoms with Crippen molar-refractivity contribution in [1.29, 1.82) is 0 Å². The highest BCUT2D eigenvalue weighted by Crippen LogP contribution is 2.10. The highest BCUT2D eigenvalue weighted by molar-refractivity contribution is 14.1. The first-order valence-corrected chi connectivity index (χ1v) is 5.62. The molecule has 0 aliphatic rings. The number of carbonyl (C=O) groups is 3. The smallest absolute Gasteiger partial charge is 0.315 e. The maximum absolute atomic E-state index is 11.6. The second kappa shape index (κ2) is 6.71. The molecule has 0 radical (unpaired) electrons. The number of carbonyl (C=O) groups excluding carboxylic acids is 3. The number of allylic oxidation sites excluding steroid dienone is 1. The van der Waals surface area contributed by atoms with Gasteiger partial charge in [0.25, 0.3) is 0 Å². The van der Waals surface area contributed by atoms with Crippen LogP contribution in [0.25, 0.3) is 0 Å². The SMILES string of the molecule is COC(=O)C(C)C(=O)C(C)C(=O)/C=C/I. The van der Waals surface area contributed by atoms with Gasteiger partial charge in [-0.2, -0.15) is 0 Å². The molecule has 0 fully saturated rings. The van der Waals surface area contributed by atoms with Crippen molar-refractivity contribution >= 4 is 40.1 Å². The standard InChI is InChI=1S/C10H13IO4/c1-6(8(12)4-5-11)9(13)7(2)10(14)15-3/h4-7H,1-3H3/b5-4+. The first-order chi connectivity index (χ1) is 6.95. The highest BCUT2D eigenvalue weighted by Gasteiger charge is 2.29. The van der Waals surface area contributed by atoms with Gasteiger partial charge in [0.1, 0.15) is 5.92 Å². The summed E-state index contributed by atoms with van der Waals surface area (Å²) in [7, 11) is 1.21. The second-order valence-electron chi connectivity index (χ2n) is 3.06. The van der Waals surface area contributed by atoms with Crippen molar-refractivity contribution in [1.82, 2.24) is 0 Å². The van der Waals surface area contributed by atoms with E-state index in [1.165, 1.54) is 31.1 Å². The number of methoxy groups -OCH3 is 1. The molecule has 0 aromatic carbocycles. The van der Waals surface area contributed by atoms with E-state index in [0.717, 1.165) is 0 Å². The quantitative estimate of drug-likeness (QED) is 0.333. The Morgan fingerprint density at radius 2 is 1.73 bits per heavy atom. The molecule has 84 valence electrons. The van der Waals surface area contributed by atoms with Crippen LogP contribution in [0.1, 0.15) is 13.8 Å². The fourth-order valence-corrected chi connectivity index (χ4v) is 1.37. The largest absolute Gasteiger partial charge is 0.468 e. The van der Waals surface area contributed by atoms with Crippen molar-refractivity contribution in [2.75, 3.05) is 7.11 Å². The van der Waals surface area contributed by atoms with E-state index in [1.807, 2.05) is 22.6 Å². The van der Waals surface area contributed by atoms with Crippen LogP contribution in [0.3, 0.4) is 0 Å². The molecule has 0 aromatic rings. The fraction of sp³-hybridized carbons (Fsp3) is 0.500. The molecule has 0 saturated heterocycles. The molecule has 0 bridgehead atoms. The Labute approximate surface area is 102 Å². The number of halogens is 1. The lowest BCUT2D eigenvalue weighted by Crippen LogP contribution is -2.30. The maximum Gasteiger partial charge on any atom is 0.315 e. The van der Waals surface area contributed by atoms with Crippen LogP contribution < -0.4 is 0 Å². The van der Waals surface area contributed by atoms with Crippen LogP contribution in [0.5, 0.6) is 0 Å². The van der Waals surface area contributed by atoms with Gasteiger partial charge in [0.2, 0.25) is 0 Å². The first-order valence-electron chi connectivity index (χ1n) is 4.37. The number of hydrogen-bond acceptors (Lipinski definition) is 4. The molecular weight excluding hydrogens is 311 g/mol. The molecule has 0 amide bonds. The Bertz CT molecular complexity index is 296. The second-order valence-corrected chi connectivity index (χ2v) is 3.78. The molecule has 0 saturated carbocycles. The van der Waals surface area contributed by atoms with Crippen LogP contribution in [0, 0.1) is 11.8 Å². The molecule has 2 unspecified atom stereocenters. The topological polar surface area (TPSA) is 60.4 Å². The summed E-state index contributed by atoms with van der Waals surface area (Å²) >= 11 is 1.89. The summed E-state index contributed by atoms with van der Waals surface area (Å²) in [5, 5.41) is 0. The molecule has 0 aromatic heterocycles. The van der Waals surface area contributed by atoms with Gasteiger partial charge >= 0.3 is 5.97 Å². The predicted octanol–water partition coefficient (Wildman–Crippen LogP) is 1.52. The molecule has 15 heavy (non-hydrogen) atoms. The number of hydrogen-bond donors (Lipinski definition) is 0. The van der Waals surface area contributed by atoms with Crippen LogP contribution in [0.2, 0.25) is 0 Å². The average molecular weight is 324 g/mol. The summed E-state index contributed by atoms with van der Waals surface area (Å²) in [6, 6.07) is 0. The lowest BCUT2D eigenvalue weighted by Gasteiger charge is -2.11. The summed E-state index contributed by atoms with van der Waals surface area (Å²) in [5.74, 6) is -3.02. The van der Waals surface area contributed by atoms with E-state index >= 15 is 0 Å². The van der Waals surface area contributed by atoms with E-state index in [-0.39, 0.29) is 5.78 Å². The van der Waals surface area contributed by atoms with Crippen LogP contribution in [-0.2, 0) is 19.1 Å². The molecule has 5 heteroatoms. The summed E-state index contributed by atoms with van der Waals surface area (Å²) in [4.78, 5) is 34.0. The monoisotopic (exact) mass is 324 g/mol. The number of Topliss-reactive ketones (excluding diaryl/α,β-unsaturated/α-hetero) is 1. The summed E-state index contributed by atoms with van der Waals surface area (Å²) < 4.78 is 5.97. The van der Waals surface area contributed by atoms with Crippen molar-refractivity contribution in [3.63, 3.8) is 0 Å². The van der Waals surface area contributed by atoms with E-state index < -0.39 is 23.6 Å². The van der Waals surface area contributed by atoms with Gasteiger partial charge in [-0.25, -0.2) is 0 Å². The Kier molecular flexibility index (Phi) is 6.38. The zero-order valence-corrected chi connectivity index (χ0v) is 11.0. The summed E-state index contributed by atoms with van der Waals surface area (Å²) in [6.07, 6.45) is 1.31. The third-order valence-corrected chi connectivity index (χ3v) is 2.42. The van der Waals surface area contributed by atoms with Gasteiger partial charge in [-0.3, -0.25) is 14.4 Å². The molecule has 0 aliphatic heterocycles. The zero-order chi connectivity index (χ0) is 12.0. The third-order valence-electron chi connectivity index (χ3n) is 2.06. The Balaban J connectivity index is 4.57. The van der Waals surface area contributed by atoms with E-state index in [0.29, 0.717) is 0 Å². The first kappa shape index (κ1) is 14.3. The minimum Gasteiger partial charge on any atom is -0.468 e. The van der Waals surface area contributed by atoms with Crippen molar-refractivity contribution in [3.8, 4) is 0 Å². The lowest BCUT2D eigenvalue weighted by atomic mass is 9.92. The van der Waals surface area contributed by atoms with E-state index in [2.05, 4.69) is 4.74 Å². The summed E-state index contributed by atoms with van der Waals surface area (Å²) in [6.45, 7) is 2.92. The van der Waals surface area contributed by atoms with Gasteiger partial charge in [-0.05, 0) is 24.0 Å². The number of ether oxygens (including phenoxy) is 1. The van der Waals surface area contributed by atoms with Gasteiger partial charge in [-0.15, -0.1) is 0 Å². The molecule has 0 heterocycles. The molecular formula is C10H13IO4. The zero-order valence-electron chi connectivity index (χ0n) is 8.82. The van der Waals surface area contributed by atoms with Crippen molar-refractivity contribution in [2.24, 2.45) is 11.8 Å². The Morgan fingerprint density at radius 1 is 1.20 bits per heavy atom. The lowest BCUT2D eigenvalue weighted by molar-refractivity contribution is -0.149. The normalized spacial score (nSPS) is 14.7. The molecule has 4 nitrogen and oxygen atoms in total. The van der Waals surface area contributed by atoms with Gasteiger partial charge in [-0.1, -0.05) is 22.6 Å². The number of esters is 1. The average Bonchev–Trinajstić information content (AvgIpc) is 2.25. The third kappa shape index (κ3) is 4.11. The predicted molar refractivity (Wildman–Crippen MR) is 63.5 cm³/mol. The number of ketones is 2. The molecule has 0 aliphatic carbocycles. The van der Waals surface area contributed by atoms with E-state index in [9.17, 15) is 14.4 Å². The minimum absolute atomic E-state index is 0.301. The van der Waals surface area contributed by atoms with Gasteiger partial charge in [0.05, 0.1) is 13.0 Å². The number of rotatable bonds is 5. The van der Waals surface area contributed by atoms with E-state index in [1.54, 1.807) is 0 Å². The molecule has 0 N–H and O–H groups in total.